The Balaban J connectivity index is 2.54. The smallest absolute Gasteiger partial charge is 0.0488 e. The molecule has 2 nitrogen and oxygen atoms in total. The zero-order valence-electron chi connectivity index (χ0n) is 9.19. The highest BCUT2D eigenvalue weighted by molar-refractivity contribution is 7.84. The third-order valence-corrected chi connectivity index (χ3v) is 4.40. The van der Waals surface area contributed by atoms with Crippen LogP contribution < -0.4 is 5.73 Å². The molecular weight excluding hydrogens is 206 g/mol. The molecule has 1 aromatic carbocycles. The minimum atomic E-state index is -0.789. The Morgan fingerprint density at radius 1 is 1.33 bits per heavy atom. The van der Waals surface area contributed by atoms with Crippen molar-refractivity contribution in [1.82, 2.24) is 0 Å². The van der Waals surface area contributed by atoms with Crippen LogP contribution in [0.5, 0.6) is 0 Å². The molecular formula is C12H19NOS. The second-order valence-electron chi connectivity index (χ2n) is 3.62. The molecule has 0 amide bonds. The van der Waals surface area contributed by atoms with E-state index in [-0.39, 0.29) is 5.25 Å². The lowest BCUT2D eigenvalue weighted by Crippen LogP contribution is -2.19. The number of rotatable bonds is 6. The van der Waals surface area contributed by atoms with Crippen LogP contribution in [0, 0.1) is 0 Å². The Bertz CT molecular complexity index is 300. The molecule has 2 unspecified atom stereocenters. The highest BCUT2D eigenvalue weighted by Gasteiger charge is 2.13. The summed E-state index contributed by atoms with van der Waals surface area (Å²) >= 11 is 0. The molecule has 15 heavy (non-hydrogen) atoms. The van der Waals surface area contributed by atoms with Gasteiger partial charge in [0.15, 0.2) is 0 Å². The summed E-state index contributed by atoms with van der Waals surface area (Å²) in [6.07, 6.45) is 1.80. The van der Waals surface area contributed by atoms with Gasteiger partial charge in [0, 0.05) is 21.8 Å². The Morgan fingerprint density at radius 2 is 2.00 bits per heavy atom. The Morgan fingerprint density at radius 3 is 2.53 bits per heavy atom. The average molecular weight is 225 g/mol. The molecule has 2 N–H and O–H groups in total. The lowest BCUT2D eigenvalue weighted by molar-refractivity contribution is 0.649. The maximum absolute atomic E-state index is 12.0. The molecule has 0 saturated carbocycles. The van der Waals surface area contributed by atoms with E-state index in [2.05, 4.69) is 6.92 Å². The summed E-state index contributed by atoms with van der Waals surface area (Å²) in [7, 11) is -0.789. The first-order valence-corrected chi connectivity index (χ1v) is 6.77. The minimum Gasteiger partial charge on any atom is -0.330 e. The summed E-state index contributed by atoms with van der Waals surface area (Å²) in [5.74, 6) is 0.652. The number of benzene rings is 1. The highest BCUT2D eigenvalue weighted by atomic mass is 32.2. The van der Waals surface area contributed by atoms with E-state index in [9.17, 15) is 4.21 Å². The molecule has 0 aliphatic carbocycles. The first-order valence-electron chi connectivity index (χ1n) is 5.39. The van der Waals surface area contributed by atoms with Crippen LogP contribution in [0.1, 0.15) is 25.3 Å². The number of nitrogens with two attached hydrogens (primary N) is 1. The van der Waals surface area contributed by atoms with Crippen molar-refractivity contribution in [2.45, 2.75) is 30.8 Å². The largest absolute Gasteiger partial charge is 0.330 e. The first-order chi connectivity index (χ1) is 7.27. The van der Waals surface area contributed by atoms with Gasteiger partial charge in [-0.3, -0.25) is 4.21 Å². The van der Waals surface area contributed by atoms with Gasteiger partial charge >= 0.3 is 0 Å². The van der Waals surface area contributed by atoms with Gasteiger partial charge in [0.1, 0.15) is 0 Å². The van der Waals surface area contributed by atoms with E-state index in [1.54, 1.807) is 0 Å². The van der Waals surface area contributed by atoms with E-state index in [4.69, 9.17) is 5.73 Å². The van der Waals surface area contributed by atoms with Crippen LogP contribution in [0.2, 0.25) is 0 Å². The van der Waals surface area contributed by atoms with E-state index in [1.165, 1.54) is 0 Å². The monoisotopic (exact) mass is 225 g/mol. The number of hydrogen-bond acceptors (Lipinski definition) is 2. The maximum atomic E-state index is 12.0. The van der Waals surface area contributed by atoms with E-state index in [1.807, 2.05) is 30.3 Å². The van der Waals surface area contributed by atoms with Gasteiger partial charge in [-0.05, 0) is 24.9 Å². The predicted molar refractivity (Wildman–Crippen MR) is 66.0 cm³/mol. The summed E-state index contributed by atoms with van der Waals surface area (Å²) in [5.41, 5.74) is 6.65. The quantitative estimate of drug-likeness (QED) is 0.805. The van der Waals surface area contributed by atoms with E-state index in [0.717, 1.165) is 18.4 Å². The van der Waals surface area contributed by atoms with Gasteiger partial charge in [0.2, 0.25) is 0 Å². The second kappa shape index (κ2) is 6.75. The fraction of sp³-hybridized carbons (Fsp3) is 0.500. The van der Waals surface area contributed by atoms with Crippen molar-refractivity contribution in [2.24, 2.45) is 5.73 Å². The Labute approximate surface area is 94.3 Å². The van der Waals surface area contributed by atoms with Crippen molar-refractivity contribution in [3.8, 4) is 0 Å². The van der Waals surface area contributed by atoms with Crippen molar-refractivity contribution in [2.75, 3.05) is 6.54 Å². The predicted octanol–water partition coefficient (Wildman–Crippen LogP) is 2.06. The van der Waals surface area contributed by atoms with Gasteiger partial charge in [-0.25, -0.2) is 0 Å². The van der Waals surface area contributed by atoms with Crippen LogP contribution in [0.3, 0.4) is 0 Å². The van der Waals surface area contributed by atoms with Crippen LogP contribution in [0.15, 0.2) is 30.3 Å². The van der Waals surface area contributed by atoms with Gasteiger partial charge < -0.3 is 5.73 Å². The van der Waals surface area contributed by atoms with Crippen molar-refractivity contribution in [1.29, 1.82) is 0 Å². The lowest BCUT2D eigenvalue weighted by atomic mass is 10.2. The zero-order chi connectivity index (χ0) is 11.1. The van der Waals surface area contributed by atoms with Gasteiger partial charge in [0.05, 0.1) is 0 Å². The Kier molecular flexibility index (Phi) is 5.58. The summed E-state index contributed by atoms with van der Waals surface area (Å²) in [6.45, 7) is 2.70. The van der Waals surface area contributed by atoms with Crippen LogP contribution >= 0.6 is 0 Å². The minimum absolute atomic E-state index is 0.246. The van der Waals surface area contributed by atoms with Gasteiger partial charge in [-0.1, -0.05) is 37.3 Å². The summed E-state index contributed by atoms with van der Waals surface area (Å²) in [5, 5.41) is 0.246. The molecule has 0 aliphatic heterocycles. The summed E-state index contributed by atoms with van der Waals surface area (Å²) in [6, 6.07) is 9.98. The lowest BCUT2D eigenvalue weighted by Gasteiger charge is -2.13. The molecule has 3 heteroatoms. The topological polar surface area (TPSA) is 43.1 Å². The van der Waals surface area contributed by atoms with E-state index >= 15 is 0 Å². The first kappa shape index (κ1) is 12.4. The molecule has 84 valence electrons. The molecule has 2 atom stereocenters. The zero-order valence-corrected chi connectivity index (χ0v) is 10.0. The molecule has 0 saturated heterocycles. The normalized spacial score (nSPS) is 14.8. The summed E-state index contributed by atoms with van der Waals surface area (Å²) in [4.78, 5) is 0. The average Bonchev–Trinajstić information content (AvgIpc) is 2.27. The van der Waals surface area contributed by atoms with Crippen molar-refractivity contribution in [3.05, 3.63) is 35.9 Å². The standard InChI is InChI=1S/C12H19NOS/c1-2-12(8-9-13)15(14)10-11-6-4-3-5-7-11/h3-7,12H,2,8-10,13H2,1H3. The molecule has 0 radical (unpaired) electrons. The SMILES string of the molecule is CCC(CCN)S(=O)Cc1ccccc1. The third-order valence-electron chi connectivity index (χ3n) is 2.47. The Hall–Kier alpha value is -0.670. The van der Waals surface area contributed by atoms with Gasteiger partial charge in [-0.2, -0.15) is 0 Å². The summed E-state index contributed by atoms with van der Waals surface area (Å²) < 4.78 is 12.0. The number of hydrogen-bond donors (Lipinski definition) is 1. The van der Waals surface area contributed by atoms with Crippen LogP contribution in [-0.4, -0.2) is 16.0 Å². The van der Waals surface area contributed by atoms with E-state index in [0.29, 0.717) is 12.3 Å². The fourth-order valence-corrected chi connectivity index (χ4v) is 3.09. The van der Waals surface area contributed by atoms with Crippen LogP contribution in [0.25, 0.3) is 0 Å². The van der Waals surface area contributed by atoms with Crippen molar-refractivity contribution in [3.63, 3.8) is 0 Å². The third kappa shape index (κ3) is 4.14. The molecule has 1 aromatic rings. The molecule has 0 bridgehead atoms. The van der Waals surface area contributed by atoms with Gasteiger partial charge in [0.25, 0.3) is 0 Å². The fourth-order valence-electron chi connectivity index (χ4n) is 1.56. The van der Waals surface area contributed by atoms with E-state index < -0.39 is 10.8 Å². The van der Waals surface area contributed by atoms with Gasteiger partial charge in [-0.15, -0.1) is 0 Å². The maximum Gasteiger partial charge on any atom is 0.0488 e. The molecule has 0 spiro atoms. The van der Waals surface area contributed by atoms with Crippen molar-refractivity contribution < 1.29 is 4.21 Å². The van der Waals surface area contributed by atoms with Crippen LogP contribution in [0.4, 0.5) is 0 Å². The van der Waals surface area contributed by atoms with Crippen LogP contribution in [-0.2, 0) is 16.6 Å². The molecule has 1 rings (SSSR count). The molecule has 0 fully saturated rings. The highest BCUT2D eigenvalue weighted by Crippen LogP contribution is 2.12. The molecule has 0 heterocycles. The molecule has 0 aliphatic rings. The second-order valence-corrected chi connectivity index (χ2v) is 5.34. The van der Waals surface area contributed by atoms with Crippen molar-refractivity contribution >= 4 is 10.8 Å². The molecule has 0 aromatic heterocycles.